The quantitative estimate of drug-likeness (QED) is 0.364. The van der Waals surface area contributed by atoms with Crippen molar-refractivity contribution in [3.05, 3.63) is 82.4 Å². The van der Waals surface area contributed by atoms with Crippen molar-refractivity contribution in [3.63, 3.8) is 0 Å². The normalized spacial score (nSPS) is 11.3. The lowest BCUT2D eigenvalue weighted by molar-refractivity contribution is -0.274. The number of halogens is 3. The van der Waals surface area contributed by atoms with Crippen molar-refractivity contribution >= 4 is 22.4 Å². The van der Waals surface area contributed by atoms with Crippen molar-refractivity contribution in [2.45, 2.75) is 26.3 Å². The van der Waals surface area contributed by atoms with Gasteiger partial charge in [0.1, 0.15) is 11.5 Å². The van der Waals surface area contributed by atoms with Gasteiger partial charge >= 0.3 is 6.36 Å². The molecule has 2 heterocycles. The highest BCUT2D eigenvalue weighted by atomic mass is 32.1. The molecule has 0 bridgehead atoms. The predicted octanol–water partition coefficient (Wildman–Crippen LogP) is 5.16. The smallest absolute Gasteiger partial charge is 0.485 e. The number of anilines is 1. The van der Waals surface area contributed by atoms with E-state index in [0.717, 1.165) is 10.4 Å². The van der Waals surface area contributed by atoms with Crippen LogP contribution in [-0.2, 0) is 13.0 Å². The Hall–Kier alpha value is -3.93. The number of carbonyl (C=O) groups excluding carboxylic acids is 1. The predicted molar refractivity (Wildman–Crippen MR) is 116 cm³/mol. The minimum Gasteiger partial charge on any atom is -0.485 e. The molecular weight excluding hydrogens is 473 g/mol. The second-order valence-electron chi connectivity index (χ2n) is 6.97. The summed E-state index contributed by atoms with van der Waals surface area (Å²) in [7, 11) is 0. The van der Waals surface area contributed by atoms with E-state index in [4.69, 9.17) is 9.26 Å². The zero-order valence-corrected chi connectivity index (χ0v) is 18.4. The first kappa shape index (κ1) is 23.2. The molecule has 34 heavy (non-hydrogen) atoms. The van der Waals surface area contributed by atoms with Crippen LogP contribution in [0.2, 0.25) is 0 Å². The van der Waals surface area contributed by atoms with Crippen LogP contribution in [0.1, 0.15) is 32.5 Å². The van der Waals surface area contributed by atoms with E-state index in [2.05, 4.69) is 25.2 Å². The van der Waals surface area contributed by atoms with Crippen LogP contribution in [0, 0.1) is 6.92 Å². The highest BCUT2D eigenvalue weighted by Crippen LogP contribution is 2.26. The number of nitrogens with one attached hydrogen (secondary N) is 1. The summed E-state index contributed by atoms with van der Waals surface area (Å²) in [4.78, 5) is 21.9. The Morgan fingerprint density at radius 3 is 2.62 bits per heavy atom. The van der Waals surface area contributed by atoms with Crippen molar-refractivity contribution in [1.82, 2.24) is 15.1 Å². The van der Waals surface area contributed by atoms with Gasteiger partial charge in [-0.1, -0.05) is 29.4 Å². The van der Waals surface area contributed by atoms with E-state index in [-0.39, 0.29) is 12.4 Å². The summed E-state index contributed by atoms with van der Waals surface area (Å²) >= 11 is 1.26. The topological polar surface area (TPSA) is 99.4 Å². The molecule has 0 fully saturated rings. The molecule has 0 spiro atoms. The fraction of sp³-hybridized carbons (Fsp3) is 0.182. The molecule has 2 aromatic carbocycles. The van der Waals surface area contributed by atoms with Crippen molar-refractivity contribution in [2.75, 3.05) is 5.32 Å². The molecule has 1 N–H and O–H groups in total. The van der Waals surface area contributed by atoms with E-state index in [1.807, 2.05) is 0 Å². The van der Waals surface area contributed by atoms with Gasteiger partial charge in [0.15, 0.2) is 11.7 Å². The Labute approximate surface area is 195 Å². The number of rotatable bonds is 8. The summed E-state index contributed by atoms with van der Waals surface area (Å²) < 4.78 is 51.3. The summed E-state index contributed by atoms with van der Waals surface area (Å²) in [6, 6.07) is 12.3. The maximum Gasteiger partial charge on any atom is 0.573 e. The number of carbonyl (C=O) groups is 1. The molecule has 0 aliphatic heterocycles. The van der Waals surface area contributed by atoms with Crippen LogP contribution < -0.4 is 14.8 Å². The van der Waals surface area contributed by atoms with Crippen LogP contribution in [0.3, 0.4) is 0 Å². The zero-order chi connectivity index (χ0) is 24.1. The number of alkyl halides is 3. The number of thiazole rings is 1. The number of aryl methyl sites for hydroxylation is 1. The third-order valence-corrected chi connectivity index (χ3v) is 5.28. The summed E-state index contributed by atoms with van der Waals surface area (Å²) in [6.07, 6.45) is -2.70. The summed E-state index contributed by atoms with van der Waals surface area (Å²) in [5, 5.41) is 6.86. The molecule has 0 unspecified atom stereocenters. The molecule has 0 atom stereocenters. The Morgan fingerprint density at radius 2 is 1.91 bits per heavy atom. The van der Waals surface area contributed by atoms with Gasteiger partial charge in [-0.05, 0) is 29.8 Å². The summed E-state index contributed by atoms with van der Waals surface area (Å²) in [6.45, 7) is 1.70. The molecule has 0 aliphatic carbocycles. The fourth-order valence-electron chi connectivity index (χ4n) is 2.94. The lowest BCUT2D eigenvalue weighted by Crippen LogP contribution is -2.17. The van der Waals surface area contributed by atoms with Gasteiger partial charge in [-0.15, -0.1) is 24.5 Å². The number of hydrogen-bond donors (Lipinski definition) is 1. The number of benzene rings is 2. The number of nitrogens with zero attached hydrogens (tertiary/aromatic N) is 3. The average Bonchev–Trinajstić information content (AvgIpc) is 3.41. The van der Waals surface area contributed by atoms with Gasteiger partial charge in [0.25, 0.3) is 5.91 Å². The molecule has 0 saturated heterocycles. The van der Waals surface area contributed by atoms with E-state index in [0.29, 0.717) is 34.6 Å². The van der Waals surface area contributed by atoms with Crippen molar-refractivity contribution in [1.29, 1.82) is 0 Å². The van der Waals surface area contributed by atoms with Crippen LogP contribution in [0.15, 0.2) is 59.3 Å². The van der Waals surface area contributed by atoms with E-state index in [9.17, 15) is 18.0 Å². The largest absolute Gasteiger partial charge is 0.573 e. The fourth-order valence-corrected chi connectivity index (χ4v) is 3.79. The van der Waals surface area contributed by atoms with Gasteiger partial charge in [0.05, 0.1) is 5.56 Å². The lowest BCUT2D eigenvalue weighted by atomic mass is 10.1. The molecule has 0 saturated carbocycles. The Morgan fingerprint density at radius 1 is 1.15 bits per heavy atom. The Balaban J connectivity index is 1.37. The molecule has 8 nitrogen and oxygen atoms in total. The molecule has 12 heteroatoms. The van der Waals surface area contributed by atoms with Gasteiger partial charge in [-0.2, -0.15) is 4.98 Å². The third-order valence-electron chi connectivity index (χ3n) is 4.37. The van der Waals surface area contributed by atoms with E-state index < -0.39 is 12.3 Å². The second-order valence-corrected chi connectivity index (χ2v) is 8.08. The highest BCUT2D eigenvalue weighted by Gasteiger charge is 2.30. The average molecular weight is 490 g/mol. The van der Waals surface area contributed by atoms with E-state index >= 15 is 0 Å². The van der Waals surface area contributed by atoms with Crippen molar-refractivity contribution < 1.29 is 32.0 Å². The van der Waals surface area contributed by atoms with Gasteiger partial charge in [-0.3, -0.25) is 10.1 Å². The number of aromatic nitrogens is 3. The standard InChI is InChI=1S/C22H17F3N4O4S/c1-13-27-19(29-33-13)12-31-18-5-3-2-4-17(18)20(30)28-21-26-11-16(34-21)10-14-6-8-15(9-7-14)32-22(23,24)25/h2-9,11H,10,12H2,1H3,(H,26,28,30). The Kier molecular flexibility index (Phi) is 6.77. The van der Waals surface area contributed by atoms with Gasteiger partial charge in [0.2, 0.25) is 11.7 Å². The van der Waals surface area contributed by atoms with E-state index in [1.54, 1.807) is 37.4 Å². The number of hydrogen-bond acceptors (Lipinski definition) is 8. The highest BCUT2D eigenvalue weighted by molar-refractivity contribution is 7.15. The third kappa shape index (κ3) is 6.32. The Bertz CT molecular complexity index is 1270. The van der Waals surface area contributed by atoms with Crippen LogP contribution >= 0.6 is 11.3 Å². The van der Waals surface area contributed by atoms with Crippen LogP contribution in [0.5, 0.6) is 11.5 Å². The zero-order valence-electron chi connectivity index (χ0n) is 17.6. The van der Waals surface area contributed by atoms with Gasteiger partial charge < -0.3 is 14.0 Å². The van der Waals surface area contributed by atoms with E-state index in [1.165, 1.54) is 35.6 Å². The molecule has 4 aromatic rings. The molecule has 0 radical (unpaired) electrons. The first-order valence-electron chi connectivity index (χ1n) is 9.87. The number of ether oxygens (including phenoxy) is 2. The number of para-hydroxylation sites is 1. The molecule has 4 rings (SSSR count). The SMILES string of the molecule is Cc1nc(COc2ccccc2C(=O)Nc2ncc(Cc3ccc(OC(F)(F)F)cc3)s2)no1. The summed E-state index contributed by atoms with van der Waals surface area (Å²) in [5.41, 5.74) is 1.08. The number of amides is 1. The second kappa shape index (κ2) is 9.91. The molecule has 2 aromatic heterocycles. The molecule has 176 valence electrons. The minimum atomic E-state index is -4.73. The molecule has 1 amide bonds. The van der Waals surface area contributed by atoms with Gasteiger partial charge in [0, 0.05) is 24.4 Å². The molecular formula is C22H17F3N4O4S. The summed E-state index contributed by atoms with van der Waals surface area (Å²) in [5.74, 6) is 0.420. The maximum absolute atomic E-state index is 12.8. The minimum absolute atomic E-state index is 0.0375. The van der Waals surface area contributed by atoms with Crippen LogP contribution in [0.4, 0.5) is 18.3 Å². The lowest BCUT2D eigenvalue weighted by Gasteiger charge is -2.09. The van der Waals surface area contributed by atoms with Crippen molar-refractivity contribution in [3.8, 4) is 11.5 Å². The van der Waals surface area contributed by atoms with Gasteiger partial charge in [-0.25, -0.2) is 4.98 Å². The monoisotopic (exact) mass is 490 g/mol. The van der Waals surface area contributed by atoms with Crippen LogP contribution in [0.25, 0.3) is 0 Å². The first-order chi connectivity index (χ1) is 16.2. The van der Waals surface area contributed by atoms with Crippen molar-refractivity contribution in [2.24, 2.45) is 0 Å². The van der Waals surface area contributed by atoms with Crippen LogP contribution in [-0.4, -0.2) is 27.4 Å². The first-order valence-corrected chi connectivity index (χ1v) is 10.7. The maximum atomic E-state index is 12.8. The molecule has 0 aliphatic rings.